The molecule has 0 aromatic heterocycles. The molecule has 2 aliphatic carbocycles. The van der Waals surface area contributed by atoms with Crippen molar-refractivity contribution in [3.05, 3.63) is 45.3 Å². The quantitative estimate of drug-likeness (QED) is 0.493. The van der Waals surface area contributed by atoms with Gasteiger partial charge in [0.15, 0.2) is 0 Å². The van der Waals surface area contributed by atoms with E-state index in [0.717, 1.165) is 19.3 Å². The molecule has 5 nitrogen and oxygen atoms in total. The molecule has 1 N–H and O–H groups in total. The average molecular weight is 319 g/mol. The van der Waals surface area contributed by atoms with E-state index in [9.17, 15) is 4.79 Å². The fraction of sp³-hybridized carbons (Fsp3) is 0.562. The van der Waals surface area contributed by atoms with Crippen LogP contribution in [0.4, 0.5) is 0 Å². The van der Waals surface area contributed by atoms with Gasteiger partial charge in [-0.15, -0.1) is 0 Å². The highest BCUT2D eigenvalue weighted by molar-refractivity contribution is 6.30. The molecule has 0 saturated heterocycles. The zero-order valence-electron chi connectivity index (χ0n) is 12.4. The van der Waals surface area contributed by atoms with Crippen LogP contribution < -0.4 is 5.32 Å². The van der Waals surface area contributed by atoms with Crippen molar-refractivity contribution in [2.75, 3.05) is 0 Å². The lowest BCUT2D eigenvalue weighted by atomic mass is 9.99. The van der Waals surface area contributed by atoms with Gasteiger partial charge in [0, 0.05) is 27.6 Å². The Labute approximate surface area is 134 Å². The standard InChI is InChI=1S/C16H19ClN4O/c1-2-14(15-12-7-11(20-21-18)8-13(12)15)19-16(22)9-3-5-10(17)6-4-9/h3-6,11-15H,2,7-8H2,1H3,(H,19,22)/t11?,12-,13-,14-,15?/m1/s1. The van der Waals surface area contributed by atoms with E-state index in [1.807, 2.05) is 0 Å². The maximum Gasteiger partial charge on any atom is 0.251 e. The summed E-state index contributed by atoms with van der Waals surface area (Å²) in [7, 11) is 0. The molecule has 1 aromatic rings. The van der Waals surface area contributed by atoms with Crippen molar-refractivity contribution in [1.82, 2.24) is 5.32 Å². The summed E-state index contributed by atoms with van der Waals surface area (Å²) >= 11 is 5.85. The molecule has 2 aliphatic rings. The summed E-state index contributed by atoms with van der Waals surface area (Å²) in [6, 6.07) is 7.30. The van der Waals surface area contributed by atoms with Crippen molar-refractivity contribution >= 4 is 17.5 Å². The molecule has 22 heavy (non-hydrogen) atoms. The molecule has 0 radical (unpaired) electrons. The summed E-state index contributed by atoms with van der Waals surface area (Å²) in [6.07, 6.45) is 2.85. The Balaban J connectivity index is 1.59. The monoisotopic (exact) mass is 318 g/mol. The SMILES string of the molecule is CC[C@@H](NC(=O)c1ccc(Cl)cc1)C1[C@@H]2CC(N=[N+]=[N-])C[C@@H]12. The first-order valence-corrected chi connectivity index (χ1v) is 8.12. The van der Waals surface area contributed by atoms with Crippen LogP contribution >= 0.6 is 11.6 Å². The van der Waals surface area contributed by atoms with Crippen LogP contribution in [0.25, 0.3) is 10.4 Å². The second kappa shape index (κ2) is 6.19. The van der Waals surface area contributed by atoms with Crippen LogP contribution in [0, 0.1) is 17.8 Å². The molecule has 1 amide bonds. The van der Waals surface area contributed by atoms with E-state index in [2.05, 4.69) is 22.3 Å². The van der Waals surface area contributed by atoms with E-state index in [4.69, 9.17) is 17.1 Å². The van der Waals surface area contributed by atoms with Gasteiger partial charge in [-0.05, 0) is 66.8 Å². The van der Waals surface area contributed by atoms with Gasteiger partial charge in [-0.25, -0.2) is 0 Å². The highest BCUT2D eigenvalue weighted by Gasteiger charge is 2.58. The highest BCUT2D eigenvalue weighted by atomic mass is 35.5. The first-order valence-electron chi connectivity index (χ1n) is 7.74. The molecular weight excluding hydrogens is 300 g/mol. The second-order valence-electron chi connectivity index (χ2n) is 6.23. The predicted octanol–water partition coefficient (Wildman–Crippen LogP) is 4.18. The molecule has 0 bridgehead atoms. The molecule has 2 fully saturated rings. The molecule has 6 heteroatoms. The Morgan fingerprint density at radius 2 is 2.05 bits per heavy atom. The van der Waals surface area contributed by atoms with E-state index >= 15 is 0 Å². The number of hydrogen-bond donors (Lipinski definition) is 1. The molecular formula is C16H19ClN4O. The number of nitrogens with one attached hydrogen (secondary N) is 1. The van der Waals surface area contributed by atoms with E-state index < -0.39 is 0 Å². The van der Waals surface area contributed by atoms with Crippen LogP contribution in [0.15, 0.2) is 29.4 Å². The zero-order chi connectivity index (χ0) is 15.7. The normalized spacial score (nSPS) is 27.6. The lowest BCUT2D eigenvalue weighted by Gasteiger charge is -2.20. The Hall–Kier alpha value is -1.71. The maximum absolute atomic E-state index is 12.3. The number of carbonyl (C=O) groups is 1. The van der Waals surface area contributed by atoms with Crippen LogP contribution in [0.2, 0.25) is 5.02 Å². The van der Waals surface area contributed by atoms with Gasteiger partial charge in [-0.1, -0.05) is 23.6 Å². The largest absolute Gasteiger partial charge is 0.349 e. The minimum Gasteiger partial charge on any atom is -0.349 e. The van der Waals surface area contributed by atoms with Crippen LogP contribution in [-0.2, 0) is 0 Å². The van der Waals surface area contributed by atoms with Crippen molar-refractivity contribution in [2.24, 2.45) is 22.9 Å². The Morgan fingerprint density at radius 3 is 2.59 bits per heavy atom. The first kappa shape index (κ1) is 15.2. The van der Waals surface area contributed by atoms with Gasteiger partial charge in [0.05, 0.1) is 0 Å². The predicted molar refractivity (Wildman–Crippen MR) is 85.6 cm³/mol. The molecule has 0 unspecified atom stereocenters. The number of nitrogens with zero attached hydrogens (tertiary/aromatic N) is 3. The van der Waals surface area contributed by atoms with E-state index in [0.29, 0.717) is 28.3 Å². The summed E-state index contributed by atoms with van der Waals surface area (Å²) in [5, 5.41) is 7.60. The van der Waals surface area contributed by atoms with Gasteiger partial charge in [-0.3, -0.25) is 4.79 Å². The average Bonchev–Trinajstić information content (AvgIpc) is 3.00. The number of fused-ring (bicyclic) bond motifs is 1. The molecule has 0 spiro atoms. The summed E-state index contributed by atoms with van der Waals surface area (Å²) in [4.78, 5) is 15.2. The first-order chi connectivity index (χ1) is 10.6. The number of benzene rings is 1. The fourth-order valence-electron chi connectivity index (χ4n) is 3.95. The van der Waals surface area contributed by atoms with Crippen molar-refractivity contribution < 1.29 is 4.79 Å². The maximum atomic E-state index is 12.3. The zero-order valence-corrected chi connectivity index (χ0v) is 13.2. The van der Waals surface area contributed by atoms with Crippen molar-refractivity contribution in [1.29, 1.82) is 0 Å². The lowest BCUT2D eigenvalue weighted by Crippen LogP contribution is -2.37. The lowest BCUT2D eigenvalue weighted by molar-refractivity contribution is 0.0927. The molecule has 1 aromatic carbocycles. The van der Waals surface area contributed by atoms with Gasteiger partial charge in [0.2, 0.25) is 0 Å². The highest BCUT2D eigenvalue weighted by Crippen LogP contribution is 2.60. The van der Waals surface area contributed by atoms with E-state index in [-0.39, 0.29) is 18.0 Å². The summed E-state index contributed by atoms with van der Waals surface area (Å²) in [5.41, 5.74) is 9.14. The van der Waals surface area contributed by atoms with Crippen LogP contribution in [0.1, 0.15) is 36.5 Å². The minimum absolute atomic E-state index is 0.0416. The van der Waals surface area contributed by atoms with Crippen LogP contribution in [-0.4, -0.2) is 18.0 Å². The third-order valence-electron chi connectivity index (χ3n) is 5.03. The molecule has 3 atom stereocenters. The number of hydrogen-bond acceptors (Lipinski definition) is 2. The summed E-state index contributed by atoms with van der Waals surface area (Å²) in [5.74, 6) is 1.70. The molecule has 0 aliphatic heterocycles. The van der Waals surface area contributed by atoms with Gasteiger partial charge < -0.3 is 5.32 Å². The van der Waals surface area contributed by atoms with Crippen molar-refractivity contribution in [3.63, 3.8) is 0 Å². The molecule has 116 valence electrons. The van der Waals surface area contributed by atoms with E-state index in [1.54, 1.807) is 24.3 Å². The van der Waals surface area contributed by atoms with Crippen molar-refractivity contribution in [3.8, 4) is 0 Å². The number of carbonyl (C=O) groups excluding carboxylic acids is 1. The topological polar surface area (TPSA) is 77.9 Å². The second-order valence-corrected chi connectivity index (χ2v) is 6.67. The molecule has 2 saturated carbocycles. The van der Waals surface area contributed by atoms with Gasteiger partial charge in [0.1, 0.15) is 0 Å². The number of halogens is 1. The number of amides is 1. The number of azide groups is 1. The smallest absolute Gasteiger partial charge is 0.251 e. The number of rotatable bonds is 5. The summed E-state index contributed by atoms with van der Waals surface area (Å²) in [6.45, 7) is 2.10. The molecule has 0 heterocycles. The third kappa shape index (κ3) is 2.92. The van der Waals surface area contributed by atoms with Gasteiger partial charge >= 0.3 is 0 Å². The summed E-state index contributed by atoms with van der Waals surface area (Å²) < 4.78 is 0. The van der Waals surface area contributed by atoms with Crippen LogP contribution in [0.3, 0.4) is 0 Å². The molecule has 3 rings (SSSR count). The fourth-order valence-corrected chi connectivity index (χ4v) is 4.08. The van der Waals surface area contributed by atoms with E-state index in [1.165, 1.54) is 0 Å². The van der Waals surface area contributed by atoms with Gasteiger partial charge in [-0.2, -0.15) is 0 Å². The Bertz CT molecular complexity index is 599. The minimum atomic E-state index is -0.0416. The Morgan fingerprint density at radius 1 is 1.41 bits per heavy atom. The van der Waals surface area contributed by atoms with Crippen LogP contribution in [0.5, 0.6) is 0 Å². The van der Waals surface area contributed by atoms with Gasteiger partial charge in [0.25, 0.3) is 5.91 Å². The van der Waals surface area contributed by atoms with Crippen molar-refractivity contribution in [2.45, 2.75) is 38.3 Å². The third-order valence-corrected chi connectivity index (χ3v) is 5.28. The Kier molecular flexibility index (Phi) is 4.27.